The molecule has 0 spiro atoms. The maximum absolute atomic E-state index is 14.2. The van der Waals surface area contributed by atoms with Gasteiger partial charge in [-0.3, -0.25) is 9.59 Å². The minimum Gasteiger partial charge on any atom is -0.454 e. The van der Waals surface area contributed by atoms with Crippen molar-refractivity contribution in [1.29, 1.82) is 0 Å². The quantitative estimate of drug-likeness (QED) is 0.667. The lowest BCUT2D eigenvalue weighted by Crippen LogP contribution is -2.21. The molecule has 132 valence electrons. The van der Waals surface area contributed by atoms with Gasteiger partial charge in [0, 0.05) is 42.0 Å². The molecule has 1 aromatic carbocycles. The highest BCUT2D eigenvalue weighted by Crippen LogP contribution is 2.27. The third-order valence-electron chi connectivity index (χ3n) is 3.47. The number of ether oxygens (including phenoxy) is 1. The average molecular weight is 354 g/mol. The van der Waals surface area contributed by atoms with Crippen molar-refractivity contribution in [2.75, 3.05) is 11.1 Å². The molecular weight excluding hydrogens is 339 g/mol. The van der Waals surface area contributed by atoms with Crippen LogP contribution in [-0.4, -0.2) is 15.9 Å². The van der Waals surface area contributed by atoms with Gasteiger partial charge >= 0.3 is 0 Å². The highest BCUT2D eigenvalue weighted by atomic mass is 19.1. The van der Waals surface area contributed by atoms with E-state index in [2.05, 4.69) is 15.3 Å². The first-order valence-electron chi connectivity index (χ1n) is 7.62. The fourth-order valence-corrected chi connectivity index (χ4v) is 2.23. The number of hydrogen-bond acceptors (Lipinski definition) is 5. The van der Waals surface area contributed by atoms with Crippen LogP contribution in [0.1, 0.15) is 16.1 Å². The second-order valence-corrected chi connectivity index (χ2v) is 5.51. The van der Waals surface area contributed by atoms with E-state index in [0.717, 1.165) is 6.07 Å². The van der Waals surface area contributed by atoms with E-state index in [4.69, 9.17) is 10.5 Å². The third kappa shape index (κ3) is 3.86. The normalized spacial score (nSPS) is 10.4. The lowest BCUT2D eigenvalue weighted by molar-refractivity contribution is 0.102. The van der Waals surface area contributed by atoms with Gasteiger partial charge in [-0.05, 0) is 25.1 Å². The molecule has 26 heavy (non-hydrogen) atoms. The molecule has 0 radical (unpaired) electrons. The molecule has 2 aromatic heterocycles. The first-order valence-corrected chi connectivity index (χ1v) is 7.62. The van der Waals surface area contributed by atoms with Crippen LogP contribution in [0.5, 0.6) is 11.5 Å². The van der Waals surface area contributed by atoms with Gasteiger partial charge in [0.15, 0.2) is 17.0 Å². The molecule has 8 heteroatoms. The van der Waals surface area contributed by atoms with Crippen molar-refractivity contribution in [2.45, 2.75) is 6.92 Å². The molecule has 4 N–H and O–H groups in total. The molecule has 0 atom stereocenters. The number of nitrogens with one attached hydrogen (secondary N) is 2. The number of halogens is 1. The Kier molecular flexibility index (Phi) is 4.66. The minimum atomic E-state index is -0.684. The summed E-state index contributed by atoms with van der Waals surface area (Å²) in [7, 11) is 0. The number of carbonyl (C=O) groups is 1. The third-order valence-corrected chi connectivity index (χ3v) is 3.47. The number of amides is 1. The van der Waals surface area contributed by atoms with Crippen LogP contribution in [0.15, 0.2) is 53.6 Å². The van der Waals surface area contributed by atoms with Gasteiger partial charge in [0.25, 0.3) is 5.91 Å². The molecular formula is C18H15FN4O3. The lowest BCUT2D eigenvalue weighted by atomic mass is 10.2. The molecule has 2 heterocycles. The fourth-order valence-electron chi connectivity index (χ4n) is 2.23. The second-order valence-electron chi connectivity index (χ2n) is 5.51. The second kappa shape index (κ2) is 7.06. The molecule has 0 fully saturated rings. The molecule has 7 nitrogen and oxygen atoms in total. The smallest absolute Gasteiger partial charge is 0.261 e. The van der Waals surface area contributed by atoms with E-state index in [1.807, 2.05) is 0 Å². The zero-order valence-electron chi connectivity index (χ0n) is 13.7. The molecule has 0 bridgehead atoms. The van der Waals surface area contributed by atoms with Crippen molar-refractivity contribution in [3.05, 3.63) is 76.1 Å². The SMILES string of the molecule is Cc1cc(=O)c(C(=O)Nc2ccc(Oc3ccnc(N)c3)c(F)c2)c[nH]1. The number of pyridine rings is 2. The van der Waals surface area contributed by atoms with Crippen LogP contribution in [0.3, 0.4) is 0 Å². The minimum absolute atomic E-state index is 0.0400. The summed E-state index contributed by atoms with van der Waals surface area (Å²) in [4.78, 5) is 30.6. The molecule has 3 aromatic rings. The molecule has 0 unspecified atom stereocenters. The number of hydrogen-bond donors (Lipinski definition) is 3. The molecule has 0 aliphatic rings. The van der Waals surface area contributed by atoms with Crippen molar-refractivity contribution >= 4 is 17.4 Å². The molecule has 0 aliphatic heterocycles. The first-order chi connectivity index (χ1) is 12.4. The largest absolute Gasteiger partial charge is 0.454 e. The van der Waals surface area contributed by atoms with E-state index in [0.29, 0.717) is 11.4 Å². The lowest BCUT2D eigenvalue weighted by Gasteiger charge is -2.09. The van der Waals surface area contributed by atoms with Crippen LogP contribution >= 0.6 is 0 Å². The summed E-state index contributed by atoms with van der Waals surface area (Å²) in [6.07, 6.45) is 2.75. The van der Waals surface area contributed by atoms with E-state index < -0.39 is 17.2 Å². The average Bonchev–Trinajstić information content (AvgIpc) is 2.57. The number of aromatic amines is 1. The Bertz CT molecular complexity index is 1030. The van der Waals surface area contributed by atoms with Crippen molar-refractivity contribution in [2.24, 2.45) is 0 Å². The van der Waals surface area contributed by atoms with Gasteiger partial charge in [-0.25, -0.2) is 9.37 Å². The predicted molar refractivity (Wildman–Crippen MR) is 94.9 cm³/mol. The van der Waals surface area contributed by atoms with E-state index in [1.54, 1.807) is 6.92 Å². The van der Waals surface area contributed by atoms with E-state index in [1.165, 1.54) is 42.7 Å². The molecule has 1 amide bonds. The van der Waals surface area contributed by atoms with Crippen molar-refractivity contribution in [3.8, 4) is 11.5 Å². The van der Waals surface area contributed by atoms with Crippen LogP contribution in [0.2, 0.25) is 0 Å². The summed E-state index contributed by atoms with van der Waals surface area (Å²) in [5, 5.41) is 2.48. The number of benzene rings is 1. The topological polar surface area (TPSA) is 110 Å². The van der Waals surface area contributed by atoms with Crippen molar-refractivity contribution < 1.29 is 13.9 Å². The summed E-state index contributed by atoms with van der Waals surface area (Å²) >= 11 is 0. The van der Waals surface area contributed by atoms with E-state index in [-0.39, 0.29) is 22.8 Å². The summed E-state index contributed by atoms with van der Waals surface area (Å²) in [5.41, 5.74) is 5.88. The summed E-state index contributed by atoms with van der Waals surface area (Å²) in [5.74, 6) is -0.784. The van der Waals surface area contributed by atoms with Gasteiger partial charge in [0.05, 0.1) is 0 Å². The van der Waals surface area contributed by atoms with Gasteiger partial charge in [-0.15, -0.1) is 0 Å². The number of H-pyrrole nitrogens is 1. The number of nitrogens with two attached hydrogens (primary N) is 1. The van der Waals surface area contributed by atoms with E-state index >= 15 is 0 Å². The fraction of sp³-hybridized carbons (Fsp3) is 0.0556. The number of carbonyl (C=O) groups excluding carboxylic acids is 1. The van der Waals surface area contributed by atoms with Gasteiger partial charge in [-0.2, -0.15) is 0 Å². The van der Waals surface area contributed by atoms with Crippen molar-refractivity contribution in [1.82, 2.24) is 9.97 Å². The number of rotatable bonds is 4. The molecule has 0 saturated heterocycles. The Labute approximate surface area is 147 Å². The molecule has 3 rings (SSSR count). The maximum Gasteiger partial charge on any atom is 0.261 e. The van der Waals surface area contributed by atoms with Crippen LogP contribution in [0, 0.1) is 12.7 Å². The molecule has 0 saturated carbocycles. The Morgan fingerprint density at radius 3 is 2.77 bits per heavy atom. The van der Waals surface area contributed by atoms with E-state index in [9.17, 15) is 14.0 Å². The number of aromatic nitrogens is 2. The van der Waals surface area contributed by atoms with Crippen LogP contribution in [0.4, 0.5) is 15.9 Å². The number of nitrogens with zero attached hydrogens (tertiary/aromatic N) is 1. The number of aryl methyl sites for hydroxylation is 1. The van der Waals surface area contributed by atoms with Crippen LogP contribution in [0.25, 0.3) is 0 Å². The van der Waals surface area contributed by atoms with Gasteiger partial charge < -0.3 is 20.8 Å². The summed E-state index contributed by atoms with van der Waals surface area (Å²) < 4.78 is 19.6. The Balaban J connectivity index is 1.77. The maximum atomic E-state index is 14.2. The van der Waals surface area contributed by atoms with Crippen molar-refractivity contribution in [3.63, 3.8) is 0 Å². The summed E-state index contributed by atoms with van der Waals surface area (Å²) in [6.45, 7) is 1.70. The number of nitrogen functional groups attached to an aromatic ring is 1. The first kappa shape index (κ1) is 17.2. The Hall–Kier alpha value is -3.68. The monoisotopic (exact) mass is 354 g/mol. The zero-order valence-corrected chi connectivity index (χ0v) is 13.7. The number of anilines is 2. The highest BCUT2D eigenvalue weighted by molar-refractivity contribution is 6.04. The Morgan fingerprint density at radius 1 is 1.27 bits per heavy atom. The summed E-state index contributed by atoms with van der Waals surface area (Å²) in [6, 6.07) is 8.23. The zero-order chi connectivity index (χ0) is 18.7. The van der Waals surface area contributed by atoms with Gasteiger partial charge in [0.2, 0.25) is 0 Å². The van der Waals surface area contributed by atoms with Crippen LogP contribution in [-0.2, 0) is 0 Å². The molecule has 0 aliphatic carbocycles. The van der Waals surface area contributed by atoms with Gasteiger partial charge in [0.1, 0.15) is 17.1 Å². The van der Waals surface area contributed by atoms with Gasteiger partial charge in [-0.1, -0.05) is 0 Å². The van der Waals surface area contributed by atoms with Crippen LogP contribution < -0.4 is 21.2 Å². The highest BCUT2D eigenvalue weighted by Gasteiger charge is 2.13. The standard InChI is InChI=1S/C18H15FN4O3/c1-10-6-15(24)13(9-22-10)18(25)23-11-2-3-16(14(19)7-11)26-12-4-5-21-17(20)8-12/h2-9H,1H3,(H2,20,21)(H,22,24)(H,23,25). The Morgan fingerprint density at radius 2 is 2.08 bits per heavy atom. The predicted octanol–water partition coefficient (Wildman–Crippen LogP) is 2.84.